The Balaban J connectivity index is 1.42. The Morgan fingerprint density at radius 3 is 2.69 bits per heavy atom. The van der Waals surface area contributed by atoms with Gasteiger partial charge >= 0.3 is 11.9 Å². The third-order valence-electron chi connectivity index (χ3n) is 11.6. The molecule has 6 nitrogen and oxygen atoms in total. The molecule has 186 valence electrons. The number of carbonyl (C=O) groups is 3. The topological polar surface area (TPSA) is 89.9 Å². The number of allylic oxidation sites excluding steroid dienone is 3. The first-order valence-corrected chi connectivity index (χ1v) is 13.3. The molecule has 5 fully saturated rings. The first-order chi connectivity index (χ1) is 16.5. The average Bonchev–Trinajstić information content (AvgIpc) is 3.51. The van der Waals surface area contributed by atoms with Gasteiger partial charge in [0.25, 0.3) is 0 Å². The zero-order chi connectivity index (χ0) is 24.7. The van der Waals surface area contributed by atoms with Crippen molar-refractivity contribution in [2.75, 3.05) is 0 Å². The Hall–Kier alpha value is -2.21. The number of hydrogen-bond donors (Lipinski definition) is 1. The highest BCUT2D eigenvalue weighted by atomic mass is 16.6. The number of fused-ring (bicyclic) bond motifs is 4. The summed E-state index contributed by atoms with van der Waals surface area (Å²) in [6.45, 7) is 10.0. The molecule has 3 saturated carbocycles. The van der Waals surface area contributed by atoms with Crippen LogP contribution in [0.1, 0.15) is 59.3 Å². The van der Waals surface area contributed by atoms with E-state index in [1.165, 1.54) is 5.57 Å². The van der Waals surface area contributed by atoms with Gasteiger partial charge in [0.05, 0.1) is 11.0 Å². The number of aliphatic hydroxyl groups is 1. The fraction of sp³-hybridized carbons (Fsp3) is 0.690. The number of esters is 2. The van der Waals surface area contributed by atoms with E-state index in [0.29, 0.717) is 37.7 Å². The lowest BCUT2D eigenvalue weighted by Gasteiger charge is -2.53. The van der Waals surface area contributed by atoms with Gasteiger partial charge in [0.1, 0.15) is 12.2 Å². The third kappa shape index (κ3) is 2.30. The Morgan fingerprint density at radius 2 is 1.91 bits per heavy atom. The van der Waals surface area contributed by atoms with Crippen LogP contribution in [0, 0.1) is 46.3 Å². The zero-order valence-electron chi connectivity index (χ0n) is 20.7. The van der Waals surface area contributed by atoms with Gasteiger partial charge in [0.2, 0.25) is 0 Å². The average molecular weight is 479 g/mol. The maximum absolute atomic E-state index is 14.1. The molecule has 7 aliphatic rings. The van der Waals surface area contributed by atoms with Crippen molar-refractivity contribution < 1.29 is 29.0 Å². The molecule has 2 aliphatic heterocycles. The molecule has 1 N–H and O–H groups in total. The summed E-state index contributed by atoms with van der Waals surface area (Å²) in [5.74, 6) is -0.278. The van der Waals surface area contributed by atoms with Crippen LogP contribution in [0.15, 0.2) is 35.5 Å². The highest BCUT2D eigenvalue weighted by molar-refractivity contribution is 5.98. The van der Waals surface area contributed by atoms with Gasteiger partial charge in [0, 0.05) is 35.2 Å². The summed E-state index contributed by atoms with van der Waals surface area (Å²) in [5.41, 5.74) is -0.407. The second kappa shape index (κ2) is 6.56. The van der Waals surface area contributed by atoms with E-state index >= 15 is 0 Å². The van der Waals surface area contributed by atoms with Crippen molar-refractivity contribution in [1.29, 1.82) is 0 Å². The minimum Gasteiger partial charge on any atom is -0.462 e. The van der Waals surface area contributed by atoms with E-state index in [1.54, 1.807) is 0 Å². The van der Waals surface area contributed by atoms with Crippen molar-refractivity contribution in [2.45, 2.75) is 77.1 Å². The van der Waals surface area contributed by atoms with Gasteiger partial charge in [-0.1, -0.05) is 31.2 Å². The Kier molecular flexibility index (Phi) is 4.13. The van der Waals surface area contributed by atoms with Crippen LogP contribution in [0.2, 0.25) is 0 Å². The molecule has 1 spiro atoms. The molecule has 11 unspecified atom stereocenters. The van der Waals surface area contributed by atoms with Crippen LogP contribution in [0.3, 0.4) is 0 Å². The van der Waals surface area contributed by atoms with Crippen LogP contribution in [-0.4, -0.2) is 40.6 Å². The lowest BCUT2D eigenvalue weighted by Crippen LogP contribution is -2.60. The van der Waals surface area contributed by atoms with Gasteiger partial charge in [-0.15, -0.1) is 0 Å². The number of rotatable bonds is 0. The van der Waals surface area contributed by atoms with E-state index < -0.39 is 16.4 Å². The van der Waals surface area contributed by atoms with Crippen molar-refractivity contribution in [3.05, 3.63) is 35.5 Å². The van der Waals surface area contributed by atoms with E-state index in [4.69, 9.17) is 9.47 Å². The van der Waals surface area contributed by atoms with E-state index in [0.717, 1.165) is 12.0 Å². The molecule has 6 heteroatoms. The maximum Gasteiger partial charge on any atom is 0.334 e. The van der Waals surface area contributed by atoms with Crippen molar-refractivity contribution in [1.82, 2.24) is 0 Å². The predicted molar refractivity (Wildman–Crippen MR) is 126 cm³/mol. The monoisotopic (exact) mass is 478 g/mol. The summed E-state index contributed by atoms with van der Waals surface area (Å²) >= 11 is 0. The summed E-state index contributed by atoms with van der Waals surface area (Å²) in [5, 5.41) is 12.3. The van der Waals surface area contributed by atoms with Crippen molar-refractivity contribution in [2.24, 2.45) is 46.3 Å². The number of hydrogen-bond acceptors (Lipinski definition) is 6. The quantitative estimate of drug-likeness (QED) is 0.325. The molecular formula is C29H34O6. The molecule has 7 rings (SSSR count). The van der Waals surface area contributed by atoms with Crippen LogP contribution in [0.5, 0.6) is 0 Å². The summed E-state index contributed by atoms with van der Waals surface area (Å²) in [6, 6.07) is 0. The summed E-state index contributed by atoms with van der Waals surface area (Å²) < 4.78 is 12.2. The van der Waals surface area contributed by atoms with Crippen LogP contribution in [0.25, 0.3) is 0 Å². The summed E-state index contributed by atoms with van der Waals surface area (Å²) in [4.78, 5) is 39.4. The van der Waals surface area contributed by atoms with E-state index in [2.05, 4.69) is 25.7 Å². The molecule has 35 heavy (non-hydrogen) atoms. The Labute approximate surface area is 205 Å². The Morgan fingerprint density at radius 1 is 1.14 bits per heavy atom. The molecule has 0 aromatic heterocycles. The van der Waals surface area contributed by atoms with Crippen molar-refractivity contribution in [3.63, 3.8) is 0 Å². The minimum atomic E-state index is -1.17. The van der Waals surface area contributed by atoms with E-state index in [9.17, 15) is 19.5 Å². The predicted octanol–water partition coefficient (Wildman–Crippen LogP) is 3.68. The molecule has 11 atom stereocenters. The second-order valence-corrected chi connectivity index (χ2v) is 12.8. The van der Waals surface area contributed by atoms with Gasteiger partial charge in [-0.25, -0.2) is 4.79 Å². The fourth-order valence-electron chi connectivity index (χ4n) is 10.1. The van der Waals surface area contributed by atoms with E-state index in [-0.39, 0.29) is 65.4 Å². The number of ketones is 1. The Bertz CT molecular complexity index is 1160. The molecule has 0 aromatic rings. The second-order valence-electron chi connectivity index (χ2n) is 12.8. The minimum absolute atomic E-state index is 0.0221. The number of ether oxygens (including phenoxy) is 2. The number of carbonyl (C=O) groups excluding carboxylic acids is 3. The van der Waals surface area contributed by atoms with Crippen molar-refractivity contribution >= 4 is 17.7 Å². The first kappa shape index (κ1) is 22.0. The molecular weight excluding hydrogens is 444 g/mol. The smallest absolute Gasteiger partial charge is 0.334 e. The fourth-order valence-corrected chi connectivity index (χ4v) is 10.1. The molecule has 0 amide bonds. The number of Topliss-reactive ketones (excluding diaryl/α,β-unsaturated/α-hetero) is 1. The summed E-state index contributed by atoms with van der Waals surface area (Å²) in [7, 11) is 0. The standard InChI is InChI=1S/C29H34O6/c1-13-9-22-20(10-19-14(2)21(30)11-18(13)19)28(26(32)34-22)12-16-5-8-29(28)23(16)24-17(6-7-27(29,4)33)15(3)25(31)35-24/h5,8,13,16-18,20,22-24,33H,3,6-7,9-12H2,1-2,4H3. The molecule has 5 aliphatic carbocycles. The largest absolute Gasteiger partial charge is 0.462 e. The van der Waals surface area contributed by atoms with Crippen LogP contribution < -0.4 is 0 Å². The first-order valence-electron chi connectivity index (χ1n) is 13.3. The van der Waals surface area contributed by atoms with Gasteiger partial charge < -0.3 is 14.6 Å². The molecule has 2 saturated heterocycles. The normalized spacial score (nSPS) is 53.8. The maximum atomic E-state index is 14.1. The van der Waals surface area contributed by atoms with Crippen molar-refractivity contribution in [3.8, 4) is 0 Å². The van der Waals surface area contributed by atoms with Gasteiger partial charge in [0.15, 0.2) is 5.78 Å². The highest BCUT2D eigenvalue weighted by Crippen LogP contribution is 2.77. The molecule has 0 radical (unpaired) electrons. The van der Waals surface area contributed by atoms with Gasteiger partial charge in [-0.2, -0.15) is 0 Å². The van der Waals surface area contributed by atoms with Crippen LogP contribution >= 0.6 is 0 Å². The molecule has 2 heterocycles. The van der Waals surface area contributed by atoms with Gasteiger partial charge in [-0.3, -0.25) is 9.59 Å². The lowest BCUT2D eigenvalue weighted by atomic mass is 9.49. The lowest BCUT2D eigenvalue weighted by molar-refractivity contribution is -0.175. The zero-order valence-corrected chi connectivity index (χ0v) is 20.7. The van der Waals surface area contributed by atoms with Gasteiger partial charge in [-0.05, 0) is 69.3 Å². The highest BCUT2D eigenvalue weighted by Gasteiger charge is 2.82. The van der Waals surface area contributed by atoms with Crippen LogP contribution in [-0.2, 0) is 23.9 Å². The SMILES string of the molecule is C=C1C(=O)OC2C1CCC(C)(O)C13C=CC(CC14C(=O)OC1CC(C)C5CC(=O)C(C)=C5CC14)C23. The van der Waals surface area contributed by atoms with Crippen LogP contribution in [0.4, 0.5) is 0 Å². The molecule has 2 bridgehead atoms. The van der Waals surface area contributed by atoms with E-state index in [1.807, 2.05) is 13.8 Å². The summed E-state index contributed by atoms with van der Waals surface area (Å²) in [6.07, 6.45) is 7.25. The third-order valence-corrected chi connectivity index (χ3v) is 11.6. The molecule has 0 aromatic carbocycles.